The Balaban J connectivity index is 2.45. The lowest BCUT2D eigenvalue weighted by atomic mass is 10.1. The van der Waals surface area contributed by atoms with Gasteiger partial charge in [-0.1, -0.05) is 13.8 Å². The summed E-state index contributed by atoms with van der Waals surface area (Å²) in [5.41, 5.74) is -0.495. The number of hydrogen-bond acceptors (Lipinski definition) is 4. The molecule has 0 aromatic carbocycles. The maximum absolute atomic E-state index is 11.9. The molecule has 1 amide bonds. The predicted octanol–water partition coefficient (Wildman–Crippen LogP) is 1.21. The second-order valence-electron chi connectivity index (χ2n) is 6.36. The van der Waals surface area contributed by atoms with Crippen molar-refractivity contribution in [3.63, 3.8) is 0 Å². The molecule has 5 heteroatoms. The van der Waals surface area contributed by atoms with E-state index >= 15 is 0 Å². The number of nitrogens with one attached hydrogen (secondary N) is 1. The van der Waals surface area contributed by atoms with Crippen LogP contribution in [0.3, 0.4) is 0 Å². The molecular formula is C13H26N2O3. The lowest BCUT2D eigenvalue weighted by molar-refractivity contribution is 0.0270. The number of β-amino-alcohol motifs (C(OH)–C–C–N with tert-alkyl or cyclic N) is 1. The number of amides is 1. The van der Waals surface area contributed by atoms with Gasteiger partial charge in [0, 0.05) is 6.54 Å². The lowest BCUT2D eigenvalue weighted by Crippen LogP contribution is -2.41. The molecule has 0 radical (unpaired) electrons. The van der Waals surface area contributed by atoms with Gasteiger partial charge < -0.3 is 20.1 Å². The van der Waals surface area contributed by atoms with Crippen molar-refractivity contribution in [1.29, 1.82) is 0 Å². The van der Waals surface area contributed by atoms with Crippen molar-refractivity contribution in [3.05, 3.63) is 0 Å². The van der Waals surface area contributed by atoms with Gasteiger partial charge in [-0.15, -0.1) is 0 Å². The van der Waals surface area contributed by atoms with Crippen LogP contribution in [0, 0.1) is 5.92 Å². The number of aliphatic hydroxyl groups is 1. The van der Waals surface area contributed by atoms with Gasteiger partial charge in [0.1, 0.15) is 5.60 Å². The fourth-order valence-electron chi connectivity index (χ4n) is 1.85. The highest BCUT2D eigenvalue weighted by atomic mass is 16.6. The summed E-state index contributed by atoms with van der Waals surface area (Å²) in [7, 11) is 0. The van der Waals surface area contributed by atoms with Crippen LogP contribution in [0.4, 0.5) is 4.79 Å². The van der Waals surface area contributed by atoms with Crippen molar-refractivity contribution in [2.24, 2.45) is 5.92 Å². The topological polar surface area (TPSA) is 61.8 Å². The molecule has 0 aromatic heterocycles. The monoisotopic (exact) mass is 258 g/mol. The molecule has 1 aliphatic rings. The fourth-order valence-corrected chi connectivity index (χ4v) is 1.85. The van der Waals surface area contributed by atoms with Gasteiger partial charge in [0.15, 0.2) is 0 Å². The van der Waals surface area contributed by atoms with E-state index in [1.54, 1.807) is 4.90 Å². The molecule has 0 saturated carbocycles. The van der Waals surface area contributed by atoms with Crippen LogP contribution in [0.2, 0.25) is 0 Å². The molecule has 0 bridgehead atoms. The van der Waals surface area contributed by atoms with Crippen molar-refractivity contribution >= 4 is 6.09 Å². The van der Waals surface area contributed by atoms with Crippen LogP contribution in [-0.4, -0.2) is 53.5 Å². The maximum Gasteiger partial charge on any atom is 0.410 e. The van der Waals surface area contributed by atoms with Crippen molar-refractivity contribution in [3.8, 4) is 0 Å². The highest BCUT2D eigenvalue weighted by Crippen LogP contribution is 2.16. The number of likely N-dealkylation sites (tertiary alicyclic amines) is 1. The van der Waals surface area contributed by atoms with Crippen LogP contribution in [-0.2, 0) is 4.74 Å². The summed E-state index contributed by atoms with van der Waals surface area (Å²) < 4.78 is 5.29. The number of aliphatic hydroxyl groups excluding tert-OH is 1. The Labute approximate surface area is 109 Å². The molecule has 1 saturated heterocycles. The van der Waals surface area contributed by atoms with Gasteiger partial charge in [-0.2, -0.15) is 0 Å². The average Bonchev–Trinajstić information content (AvgIpc) is 2.54. The molecule has 2 atom stereocenters. The molecule has 1 aliphatic heterocycles. The first kappa shape index (κ1) is 15.2. The van der Waals surface area contributed by atoms with Crippen LogP contribution in [0.15, 0.2) is 0 Å². The van der Waals surface area contributed by atoms with Crippen molar-refractivity contribution in [2.45, 2.75) is 52.4 Å². The van der Waals surface area contributed by atoms with Gasteiger partial charge in [0.05, 0.1) is 18.7 Å². The Morgan fingerprint density at radius 2 is 2.06 bits per heavy atom. The van der Waals surface area contributed by atoms with Gasteiger partial charge in [0.25, 0.3) is 0 Å². The Hall–Kier alpha value is -0.810. The second kappa shape index (κ2) is 5.89. The minimum atomic E-state index is -0.517. The number of hydrogen-bond donors (Lipinski definition) is 2. The van der Waals surface area contributed by atoms with Gasteiger partial charge in [-0.3, -0.25) is 0 Å². The first-order valence-corrected chi connectivity index (χ1v) is 6.58. The molecule has 2 N–H and O–H groups in total. The molecule has 0 spiro atoms. The van der Waals surface area contributed by atoms with E-state index in [4.69, 9.17) is 4.74 Å². The molecule has 0 aliphatic carbocycles. The zero-order chi connectivity index (χ0) is 13.9. The SMILES string of the molecule is CC(C)CN[C@H]1CN(C(=O)OC(C)(C)C)C[C@H]1O. The Kier molecular flexibility index (Phi) is 4.99. The van der Waals surface area contributed by atoms with E-state index in [-0.39, 0.29) is 12.1 Å². The van der Waals surface area contributed by atoms with Crippen LogP contribution < -0.4 is 5.32 Å². The Bertz CT molecular complexity index is 286. The summed E-state index contributed by atoms with van der Waals surface area (Å²) in [6, 6.07) is -0.0556. The Morgan fingerprint density at radius 1 is 1.44 bits per heavy atom. The van der Waals surface area contributed by atoms with Gasteiger partial charge >= 0.3 is 6.09 Å². The van der Waals surface area contributed by atoms with E-state index in [9.17, 15) is 9.90 Å². The highest BCUT2D eigenvalue weighted by Gasteiger charge is 2.35. The molecule has 0 unspecified atom stereocenters. The zero-order valence-corrected chi connectivity index (χ0v) is 12.1. The summed E-state index contributed by atoms with van der Waals surface area (Å²) in [5.74, 6) is 0.521. The van der Waals surface area contributed by atoms with Gasteiger partial charge in [-0.25, -0.2) is 4.79 Å². The van der Waals surface area contributed by atoms with E-state index in [0.717, 1.165) is 6.54 Å². The molecule has 0 aromatic rings. The highest BCUT2D eigenvalue weighted by molar-refractivity contribution is 5.68. The van der Waals surface area contributed by atoms with Crippen molar-refractivity contribution < 1.29 is 14.6 Å². The third-order valence-electron chi connectivity index (χ3n) is 2.73. The number of carbonyl (C=O) groups is 1. The summed E-state index contributed by atoms with van der Waals surface area (Å²) in [6.45, 7) is 11.4. The first-order chi connectivity index (χ1) is 8.19. The third kappa shape index (κ3) is 4.82. The van der Waals surface area contributed by atoms with Crippen LogP contribution in [0.1, 0.15) is 34.6 Å². The fraction of sp³-hybridized carbons (Fsp3) is 0.923. The molecule has 106 valence electrons. The molecule has 1 fully saturated rings. The first-order valence-electron chi connectivity index (χ1n) is 6.58. The molecule has 5 nitrogen and oxygen atoms in total. The number of carbonyl (C=O) groups excluding carboxylic acids is 1. The van der Waals surface area contributed by atoms with Crippen LogP contribution in [0.25, 0.3) is 0 Å². The smallest absolute Gasteiger partial charge is 0.410 e. The van der Waals surface area contributed by atoms with E-state index in [0.29, 0.717) is 19.0 Å². The molecular weight excluding hydrogens is 232 g/mol. The summed E-state index contributed by atoms with van der Waals surface area (Å²) in [5, 5.41) is 13.2. The minimum absolute atomic E-state index is 0.0556. The quantitative estimate of drug-likeness (QED) is 0.799. The minimum Gasteiger partial charge on any atom is -0.444 e. The van der Waals surface area contributed by atoms with E-state index < -0.39 is 11.7 Å². The van der Waals surface area contributed by atoms with Gasteiger partial charge in [0.2, 0.25) is 0 Å². The van der Waals surface area contributed by atoms with Crippen molar-refractivity contribution in [1.82, 2.24) is 10.2 Å². The second-order valence-corrected chi connectivity index (χ2v) is 6.36. The summed E-state index contributed by atoms with van der Waals surface area (Å²) >= 11 is 0. The lowest BCUT2D eigenvalue weighted by Gasteiger charge is -2.24. The largest absolute Gasteiger partial charge is 0.444 e. The molecule has 1 heterocycles. The summed E-state index contributed by atoms with van der Waals surface area (Å²) in [6.07, 6.45) is -0.869. The number of rotatable bonds is 3. The standard InChI is InChI=1S/C13H26N2O3/c1-9(2)6-14-10-7-15(8-11(10)16)12(17)18-13(3,4)5/h9-11,14,16H,6-8H2,1-5H3/t10-,11+/m0/s1. The van der Waals surface area contributed by atoms with Gasteiger partial charge in [-0.05, 0) is 33.2 Å². The Morgan fingerprint density at radius 3 is 2.56 bits per heavy atom. The summed E-state index contributed by atoms with van der Waals surface area (Å²) in [4.78, 5) is 13.4. The van der Waals surface area contributed by atoms with Crippen LogP contribution >= 0.6 is 0 Å². The normalized spacial score (nSPS) is 24.7. The molecule has 1 rings (SSSR count). The predicted molar refractivity (Wildman–Crippen MR) is 70.4 cm³/mol. The van der Waals surface area contributed by atoms with E-state index in [2.05, 4.69) is 19.2 Å². The average molecular weight is 258 g/mol. The van der Waals surface area contributed by atoms with Crippen molar-refractivity contribution in [2.75, 3.05) is 19.6 Å². The van der Waals surface area contributed by atoms with Crippen LogP contribution in [0.5, 0.6) is 0 Å². The van der Waals surface area contributed by atoms with E-state index in [1.807, 2.05) is 20.8 Å². The zero-order valence-electron chi connectivity index (χ0n) is 12.1. The maximum atomic E-state index is 11.9. The number of ether oxygens (including phenoxy) is 1. The number of nitrogens with zero attached hydrogens (tertiary/aromatic N) is 1. The third-order valence-corrected chi connectivity index (χ3v) is 2.73. The molecule has 18 heavy (non-hydrogen) atoms. The van der Waals surface area contributed by atoms with E-state index in [1.165, 1.54) is 0 Å².